The van der Waals surface area contributed by atoms with Crippen LogP contribution in [0.1, 0.15) is 45.7 Å². The molecule has 0 amide bonds. The van der Waals surface area contributed by atoms with Gasteiger partial charge in [0.1, 0.15) is 0 Å². The van der Waals surface area contributed by atoms with E-state index in [4.69, 9.17) is 0 Å². The Morgan fingerprint density at radius 2 is 1.54 bits per heavy atom. The molecule has 0 bridgehead atoms. The van der Waals surface area contributed by atoms with Crippen molar-refractivity contribution in [1.82, 2.24) is 14.5 Å². The van der Waals surface area contributed by atoms with Gasteiger partial charge >= 0.3 is 11.9 Å². The second-order valence-corrected chi connectivity index (χ2v) is 10.1. The maximum absolute atomic E-state index is 13.1. The smallest absolute Gasteiger partial charge is 0.337 e. The predicted molar refractivity (Wildman–Crippen MR) is 131 cm³/mol. The summed E-state index contributed by atoms with van der Waals surface area (Å²) in [6.07, 6.45) is 3.14. The molecular formula is C25H29N3O6S. The van der Waals surface area contributed by atoms with Crippen LogP contribution in [0.2, 0.25) is 0 Å². The summed E-state index contributed by atoms with van der Waals surface area (Å²) in [5.41, 5.74) is 2.88. The fourth-order valence-electron chi connectivity index (χ4n) is 3.59. The Bertz CT molecular complexity index is 1240. The fraction of sp³-hybridized carbons (Fsp3) is 0.320. The first-order valence-corrected chi connectivity index (χ1v) is 12.6. The molecule has 0 radical (unpaired) electrons. The van der Waals surface area contributed by atoms with E-state index in [2.05, 4.69) is 19.7 Å². The van der Waals surface area contributed by atoms with Gasteiger partial charge in [0.05, 0.1) is 35.9 Å². The Morgan fingerprint density at radius 1 is 0.914 bits per heavy atom. The van der Waals surface area contributed by atoms with E-state index >= 15 is 0 Å². The second-order valence-electron chi connectivity index (χ2n) is 8.01. The number of aromatic nitrogens is 2. The van der Waals surface area contributed by atoms with E-state index in [1.54, 1.807) is 0 Å². The number of ether oxygens (including phenoxy) is 2. The summed E-state index contributed by atoms with van der Waals surface area (Å²) >= 11 is 0. The van der Waals surface area contributed by atoms with Crippen molar-refractivity contribution in [2.45, 2.75) is 30.6 Å². The van der Waals surface area contributed by atoms with E-state index in [1.165, 1.54) is 43.8 Å². The molecule has 1 heterocycles. The highest BCUT2D eigenvalue weighted by Crippen LogP contribution is 2.21. The molecule has 35 heavy (non-hydrogen) atoms. The normalized spacial score (nSPS) is 11.4. The maximum atomic E-state index is 13.1. The molecule has 0 aliphatic heterocycles. The Balaban J connectivity index is 1.58. The van der Waals surface area contributed by atoms with Gasteiger partial charge in [-0.25, -0.2) is 22.3 Å². The van der Waals surface area contributed by atoms with Gasteiger partial charge < -0.3 is 9.47 Å². The van der Waals surface area contributed by atoms with E-state index in [0.29, 0.717) is 6.42 Å². The molecular weight excluding hydrogens is 470 g/mol. The standard InChI is InChI=1S/C25H29N3O6S/c1-28(13-9-5-8-12-21-17-23(27-26-21)18-10-6-4-7-11-18)35(31,32)22-15-19(24(29)33-2)14-20(16-22)25(30)34-3/h4,6-7,10-11,14-17H,5,8-9,12-13H2,1-3H3,(H,26,27). The summed E-state index contributed by atoms with van der Waals surface area (Å²) in [6, 6.07) is 15.6. The molecule has 0 atom stereocenters. The van der Waals surface area contributed by atoms with Gasteiger partial charge in [-0.1, -0.05) is 36.8 Å². The molecule has 0 aliphatic rings. The van der Waals surface area contributed by atoms with E-state index in [1.807, 2.05) is 36.4 Å². The second kappa shape index (κ2) is 11.8. The van der Waals surface area contributed by atoms with Crippen molar-refractivity contribution in [3.63, 3.8) is 0 Å². The van der Waals surface area contributed by atoms with Crippen LogP contribution in [0.25, 0.3) is 11.3 Å². The van der Waals surface area contributed by atoms with Crippen molar-refractivity contribution in [2.75, 3.05) is 27.8 Å². The lowest BCUT2D eigenvalue weighted by atomic mass is 10.1. The van der Waals surface area contributed by atoms with Gasteiger partial charge in [0.2, 0.25) is 10.0 Å². The number of nitrogens with zero attached hydrogens (tertiary/aromatic N) is 2. The zero-order valence-electron chi connectivity index (χ0n) is 20.0. The van der Waals surface area contributed by atoms with E-state index < -0.39 is 22.0 Å². The summed E-state index contributed by atoms with van der Waals surface area (Å²) in [5, 5.41) is 7.41. The maximum Gasteiger partial charge on any atom is 0.337 e. The Morgan fingerprint density at radius 3 is 2.14 bits per heavy atom. The minimum atomic E-state index is -3.93. The first kappa shape index (κ1) is 26.1. The van der Waals surface area contributed by atoms with Crippen molar-refractivity contribution in [3.05, 3.63) is 71.4 Å². The average Bonchev–Trinajstić information content (AvgIpc) is 3.36. The van der Waals surface area contributed by atoms with Crippen LogP contribution in [0, 0.1) is 0 Å². The molecule has 3 aromatic rings. The van der Waals surface area contributed by atoms with Crippen LogP contribution in [0.15, 0.2) is 59.5 Å². The Kier molecular flexibility index (Phi) is 8.78. The number of aromatic amines is 1. The van der Waals surface area contributed by atoms with Gasteiger partial charge in [-0.05, 0) is 43.5 Å². The van der Waals surface area contributed by atoms with Gasteiger partial charge in [-0.15, -0.1) is 0 Å². The van der Waals surface area contributed by atoms with Gasteiger partial charge in [-0.3, -0.25) is 5.10 Å². The van der Waals surface area contributed by atoms with Crippen molar-refractivity contribution < 1.29 is 27.5 Å². The van der Waals surface area contributed by atoms with Crippen molar-refractivity contribution in [3.8, 4) is 11.3 Å². The topological polar surface area (TPSA) is 119 Å². The molecule has 186 valence electrons. The van der Waals surface area contributed by atoms with Crippen molar-refractivity contribution in [2.24, 2.45) is 0 Å². The number of sulfonamides is 1. The van der Waals surface area contributed by atoms with Crippen LogP contribution >= 0.6 is 0 Å². The monoisotopic (exact) mass is 499 g/mol. The van der Waals surface area contributed by atoms with E-state index in [9.17, 15) is 18.0 Å². The van der Waals surface area contributed by atoms with Crippen LogP contribution in [-0.2, 0) is 25.9 Å². The van der Waals surface area contributed by atoms with Gasteiger partial charge in [0.15, 0.2) is 0 Å². The lowest BCUT2D eigenvalue weighted by molar-refractivity contribution is 0.0598. The number of esters is 2. The molecule has 0 spiro atoms. The molecule has 0 unspecified atom stereocenters. The number of unbranched alkanes of at least 4 members (excludes halogenated alkanes) is 2. The SMILES string of the molecule is COC(=O)c1cc(C(=O)OC)cc(S(=O)(=O)N(C)CCCCCc2cc(-c3ccccc3)n[nH]2)c1. The molecule has 0 fully saturated rings. The Hall–Kier alpha value is -3.50. The molecule has 0 saturated carbocycles. The highest BCUT2D eigenvalue weighted by atomic mass is 32.2. The third-order valence-electron chi connectivity index (χ3n) is 5.58. The number of nitrogens with one attached hydrogen (secondary N) is 1. The van der Waals surface area contributed by atoms with E-state index in [-0.39, 0.29) is 22.6 Å². The minimum absolute atomic E-state index is 0.0446. The van der Waals surface area contributed by atoms with Gasteiger partial charge in [0.25, 0.3) is 0 Å². The third-order valence-corrected chi connectivity index (χ3v) is 7.41. The number of rotatable bonds is 11. The van der Waals surface area contributed by atoms with E-state index in [0.717, 1.165) is 36.2 Å². The van der Waals surface area contributed by atoms with Crippen LogP contribution in [0.5, 0.6) is 0 Å². The molecule has 0 aliphatic carbocycles. The molecule has 1 N–H and O–H groups in total. The molecule has 2 aromatic carbocycles. The molecule has 0 saturated heterocycles. The molecule has 10 heteroatoms. The number of hydrogen-bond donors (Lipinski definition) is 1. The Labute approximate surface area is 205 Å². The van der Waals surface area contributed by atoms with Crippen LogP contribution in [-0.4, -0.2) is 62.7 Å². The number of H-pyrrole nitrogens is 1. The highest BCUT2D eigenvalue weighted by Gasteiger charge is 2.24. The number of aryl methyl sites for hydroxylation is 1. The van der Waals surface area contributed by atoms with Gasteiger partial charge in [0, 0.05) is 24.8 Å². The molecule has 9 nitrogen and oxygen atoms in total. The van der Waals surface area contributed by atoms with Gasteiger partial charge in [-0.2, -0.15) is 5.10 Å². The number of hydrogen-bond acceptors (Lipinski definition) is 7. The summed E-state index contributed by atoms with van der Waals surface area (Å²) in [4.78, 5) is 23.8. The van der Waals surface area contributed by atoms with Crippen LogP contribution in [0.3, 0.4) is 0 Å². The average molecular weight is 500 g/mol. The lowest BCUT2D eigenvalue weighted by Crippen LogP contribution is -2.28. The van der Waals surface area contributed by atoms with Crippen molar-refractivity contribution >= 4 is 22.0 Å². The quantitative estimate of drug-likeness (QED) is 0.316. The van der Waals surface area contributed by atoms with Crippen LogP contribution in [0.4, 0.5) is 0 Å². The zero-order chi connectivity index (χ0) is 25.4. The first-order chi connectivity index (χ1) is 16.8. The summed E-state index contributed by atoms with van der Waals surface area (Å²) in [6.45, 7) is 0.288. The highest BCUT2D eigenvalue weighted by molar-refractivity contribution is 7.89. The minimum Gasteiger partial charge on any atom is -0.465 e. The number of carbonyl (C=O) groups is 2. The van der Waals surface area contributed by atoms with Crippen molar-refractivity contribution in [1.29, 1.82) is 0 Å². The molecule has 3 rings (SSSR count). The largest absolute Gasteiger partial charge is 0.465 e. The lowest BCUT2D eigenvalue weighted by Gasteiger charge is -2.18. The van der Waals surface area contributed by atoms with Crippen LogP contribution < -0.4 is 0 Å². The third kappa shape index (κ3) is 6.55. The fourth-order valence-corrected chi connectivity index (χ4v) is 4.87. The zero-order valence-corrected chi connectivity index (χ0v) is 20.8. The number of methoxy groups -OCH3 is 2. The number of carbonyl (C=O) groups excluding carboxylic acids is 2. The predicted octanol–water partition coefficient (Wildman–Crippen LogP) is 3.68. The molecule has 1 aromatic heterocycles. The summed E-state index contributed by atoms with van der Waals surface area (Å²) in [5.74, 6) is -1.49. The number of benzene rings is 2. The summed E-state index contributed by atoms with van der Waals surface area (Å²) in [7, 11) is -0.102. The summed E-state index contributed by atoms with van der Waals surface area (Å²) < 4.78 is 36.8. The first-order valence-electron chi connectivity index (χ1n) is 11.1.